The summed E-state index contributed by atoms with van der Waals surface area (Å²) in [4.78, 5) is 15.4. The first-order valence-corrected chi connectivity index (χ1v) is 6.01. The molecule has 0 aliphatic rings. The molecule has 0 spiro atoms. The summed E-state index contributed by atoms with van der Waals surface area (Å²) in [7, 11) is 0. The standard InChI is InChI=1S/C14H12N4O2/c1-8-4-2-3-5-9(8)11-7-18-12(16-14(15)17-18)6-10(11)13(19)20/h2-7H,1H3,(H2,15,17)(H,19,20). The predicted octanol–water partition coefficient (Wildman–Crippen LogP) is 1.99. The first-order valence-electron chi connectivity index (χ1n) is 6.01. The number of fused-ring (bicyclic) bond motifs is 1. The number of carboxylic acids is 1. The number of pyridine rings is 1. The van der Waals surface area contributed by atoms with Gasteiger partial charge >= 0.3 is 5.97 Å². The van der Waals surface area contributed by atoms with Gasteiger partial charge in [-0.25, -0.2) is 9.31 Å². The Morgan fingerprint density at radius 1 is 1.30 bits per heavy atom. The Bertz CT molecular complexity index is 823. The van der Waals surface area contributed by atoms with Gasteiger partial charge in [-0.3, -0.25) is 0 Å². The van der Waals surface area contributed by atoms with E-state index in [-0.39, 0.29) is 11.5 Å². The van der Waals surface area contributed by atoms with E-state index >= 15 is 0 Å². The molecule has 3 N–H and O–H groups in total. The number of anilines is 1. The Morgan fingerprint density at radius 2 is 2.05 bits per heavy atom. The second kappa shape index (κ2) is 4.34. The van der Waals surface area contributed by atoms with E-state index in [0.29, 0.717) is 11.2 Å². The molecule has 0 saturated carbocycles. The lowest BCUT2D eigenvalue weighted by molar-refractivity contribution is 0.0697. The van der Waals surface area contributed by atoms with Crippen molar-refractivity contribution in [2.45, 2.75) is 6.92 Å². The molecule has 0 amide bonds. The van der Waals surface area contributed by atoms with Crippen LogP contribution in [0.4, 0.5) is 5.95 Å². The van der Waals surface area contributed by atoms with E-state index < -0.39 is 5.97 Å². The van der Waals surface area contributed by atoms with E-state index in [0.717, 1.165) is 11.1 Å². The zero-order chi connectivity index (χ0) is 14.3. The summed E-state index contributed by atoms with van der Waals surface area (Å²) in [5, 5.41) is 13.4. The number of hydrogen-bond donors (Lipinski definition) is 2. The number of rotatable bonds is 2. The summed E-state index contributed by atoms with van der Waals surface area (Å²) < 4.78 is 1.49. The van der Waals surface area contributed by atoms with Crippen LogP contribution in [-0.2, 0) is 0 Å². The Labute approximate surface area is 114 Å². The van der Waals surface area contributed by atoms with E-state index in [2.05, 4.69) is 10.1 Å². The second-order valence-electron chi connectivity index (χ2n) is 4.49. The van der Waals surface area contributed by atoms with Crippen molar-refractivity contribution in [3.63, 3.8) is 0 Å². The molecular weight excluding hydrogens is 256 g/mol. The minimum Gasteiger partial charge on any atom is -0.478 e. The van der Waals surface area contributed by atoms with Gasteiger partial charge in [-0.05, 0) is 24.1 Å². The van der Waals surface area contributed by atoms with E-state index in [1.807, 2.05) is 31.2 Å². The van der Waals surface area contributed by atoms with Gasteiger partial charge in [0.05, 0.1) is 5.56 Å². The van der Waals surface area contributed by atoms with Crippen LogP contribution in [0.2, 0.25) is 0 Å². The average molecular weight is 268 g/mol. The van der Waals surface area contributed by atoms with Crippen LogP contribution in [0.1, 0.15) is 15.9 Å². The molecule has 6 nitrogen and oxygen atoms in total. The van der Waals surface area contributed by atoms with Crippen LogP contribution in [0.5, 0.6) is 0 Å². The third kappa shape index (κ3) is 1.87. The van der Waals surface area contributed by atoms with Gasteiger partial charge in [-0.1, -0.05) is 24.3 Å². The zero-order valence-electron chi connectivity index (χ0n) is 10.7. The van der Waals surface area contributed by atoms with Crippen molar-refractivity contribution in [2.75, 3.05) is 5.73 Å². The van der Waals surface area contributed by atoms with Gasteiger partial charge in [0.1, 0.15) is 0 Å². The highest BCUT2D eigenvalue weighted by Crippen LogP contribution is 2.27. The zero-order valence-corrected chi connectivity index (χ0v) is 10.7. The van der Waals surface area contributed by atoms with Crippen molar-refractivity contribution in [1.29, 1.82) is 0 Å². The first kappa shape index (κ1) is 12.2. The summed E-state index contributed by atoms with van der Waals surface area (Å²) >= 11 is 0. The number of carbonyl (C=O) groups is 1. The summed E-state index contributed by atoms with van der Waals surface area (Å²) in [6.45, 7) is 1.93. The SMILES string of the molecule is Cc1ccccc1-c1cn2nc(N)nc2cc1C(=O)O. The maximum absolute atomic E-state index is 11.5. The molecule has 0 aliphatic carbocycles. The van der Waals surface area contributed by atoms with Gasteiger partial charge in [-0.2, -0.15) is 4.98 Å². The van der Waals surface area contributed by atoms with Crippen molar-refractivity contribution in [1.82, 2.24) is 14.6 Å². The maximum Gasteiger partial charge on any atom is 0.336 e. The summed E-state index contributed by atoms with van der Waals surface area (Å²) in [6.07, 6.45) is 1.64. The van der Waals surface area contributed by atoms with E-state index in [1.54, 1.807) is 6.20 Å². The van der Waals surface area contributed by atoms with Crippen LogP contribution >= 0.6 is 0 Å². The van der Waals surface area contributed by atoms with Crippen LogP contribution in [0.15, 0.2) is 36.5 Å². The molecule has 2 aromatic heterocycles. The minimum absolute atomic E-state index is 0.114. The minimum atomic E-state index is -1.01. The summed E-state index contributed by atoms with van der Waals surface area (Å²) in [5.74, 6) is -0.893. The van der Waals surface area contributed by atoms with E-state index in [1.165, 1.54) is 10.6 Å². The van der Waals surface area contributed by atoms with Crippen molar-refractivity contribution < 1.29 is 9.90 Å². The molecule has 0 unspecified atom stereocenters. The van der Waals surface area contributed by atoms with Crippen LogP contribution in [0.25, 0.3) is 16.8 Å². The van der Waals surface area contributed by atoms with Crippen LogP contribution in [0, 0.1) is 6.92 Å². The van der Waals surface area contributed by atoms with Gasteiger partial charge in [0.25, 0.3) is 0 Å². The molecular formula is C14H12N4O2. The normalized spacial score (nSPS) is 10.8. The lowest BCUT2D eigenvalue weighted by atomic mass is 9.98. The summed E-state index contributed by atoms with van der Waals surface area (Å²) in [6, 6.07) is 9.07. The second-order valence-corrected chi connectivity index (χ2v) is 4.49. The molecule has 0 radical (unpaired) electrons. The van der Waals surface area contributed by atoms with E-state index in [4.69, 9.17) is 5.73 Å². The van der Waals surface area contributed by atoms with Gasteiger partial charge < -0.3 is 10.8 Å². The Kier molecular flexibility index (Phi) is 2.64. The van der Waals surface area contributed by atoms with Gasteiger partial charge in [0.15, 0.2) is 5.65 Å². The number of nitrogens with zero attached hydrogens (tertiary/aromatic N) is 3. The van der Waals surface area contributed by atoms with Gasteiger partial charge in [0.2, 0.25) is 5.95 Å². The molecule has 6 heteroatoms. The van der Waals surface area contributed by atoms with Crippen molar-refractivity contribution in [3.05, 3.63) is 47.7 Å². The lowest BCUT2D eigenvalue weighted by Gasteiger charge is -2.09. The fourth-order valence-corrected chi connectivity index (χ4v) is 2.21. The van der Waals surface area contributed by atoms with E-state index in [9.17, 15) is 9.90 Å². The third-order valence-electron chi connectivity index (χ3n) is 3.15. The largest absolute Gasteiger partial charge is 0.478 e. The molecule has 3 rings (SSSR count). The molecule has 1 aromatic carbocycles. The number of hydrogen-bond acceptors (Lipinski definition) is 4. The highest BCUT2D eigenvalue weighted by atomic mass is 16.4. The Hall–Kier alpha value is -2.89. The van der Waals surface area contributed by atoms with Gasteiger partial charge in [0, 0.05) is 11.8 Å². The molecule has 20 heavy (non-hydrogen) atoms. The summed E-state index contributed by atoms with van der Waals surface area (Å²) in [5.41, 5.74) is 8.57. The fourth-order valence-electron chi connectivity index (χ4n) is 2.21. The van der Waals surface area contributed by atoms with Crippen molar-refractivity contribution in [2.24, 2.45) is 0 Å². The van der Waals surface area contributed by atoms with Crippen LogP contribution in [-0.4, -0.2) is 25.7 Å². The number of benzene rings is 1. The Balaban J connectivity index is 2.35. The quantitative estimate of drug-likeness (QED) is 0.741. The lowest BCUT2D eigenvalue weighted by Crippen LogP contribution is -2.03. The smallest absolute Gasteiger partial charge is 0.336 e. The monoisotopic (exact) mass is 268 g/mol. The molecule has 0 bridgehead atoms. The number of aryl methyl sites for hydroxylation is 1. The number of aromatic carboxylic acids is 1. The highest BCUT2D eigenvalue weighted by molar-refractivity contribution is 5.97. The van der Waals surface area contributed by atoms with Crippen molar-refractivity contribution >= 4 is 17.6 Å². The molecule has 0 aliphatic heterocycles. The average Bonchev–Trinajstić information content (AvgIpc) is 2.77. The number of nitrogens with two attached hydrogens (primary N) is 1. The number of aromatic nitrogens is 3. The number of nitrogen functional groups attached to an aromatic ring is 1. The predicted molar refractivity (Wildman–Crippen MR) is 74.5 cm³/mol. The number of carboxylic acid groups (broad SMARTS) is 1. The molecule has 0 fully saturated rings. The molecule has 100 valence electrons. The maximum atomic E-state index is 11.5. The molecule has 0 saturated heterocycles. The Morgan fingerprint density at radius 3 is 2.75 bits per heavy atom. The topological polar surface area (TPSA) is 93.5 Å². The first-order chi connectivity index (χ1) is 9.56. The fraction of sp³-hybridized carbons (Fsp3) is 0.0714. The van der Waals surface area contributed by atoms with Crippen LogP contribution < -0.4 is 5.73 Å². The van der Waals surface area contributed by atoms with Crippen molar-refractivity contribution in [3.8, 4) is 11.1 Å². The highest BCUT2D eigenvalue weighted by Gasteiger charge is 2.16. The molecule has 2 heterocycles. The molecule has 3 aromatic rings. The van der Waals surface area contributed by atoms with Gasteiger partial charge in [-0.15, -0.1) is 5.10 Å². The third-order valence-corrected chi connectivity index (χ3v) is 3.15. The molecule has 0 atom stereocenters. The van der Waals surface area contributed by atoms with Crippen LogP contribution in [0.3, 0.4) is 0 Å².